The molecule has 5 aromatic rings. The minimum atomic E-state index is -3.24. The van der Waals surface area contributed by atoms with Gasteiger partial charge in [0.15, 0.2) is 17.5 Å². The number of aryl methyl sites for hydroxylation is 1. The number of aromatic nitrogens is 3. The molecule has 2 aromatic heterocycles. The van der Waals surface area contributed by atoms with Gasteiger partial charge in [0.25, 0.3) is 11.8 Å². The molecule has 18 heteroatoms. The van der Waals surface area contributed by atoms with E-state index in [1.54, 1.807) is 32.9 Å². The summed E-state index contributed by atoms with van der Waals surface area (Å²) in [5.74, 6) is -9.71. The Labute approximate surface area is 382 Å². The minimum absolute atomic E-state index is 0.00670. The Morgan fingerprint density at radius 1 is 0.881 bits per heavy atom. The molecule has 4 aliphatic heterocycles. The second-order valence-electron chi connectivity index (χ2n) is 18.2. The number of rotatable bonds is 10. The van der Waals surface area contributed by atoms with Crippen molar-refractivity contribution in [1.82, 2.24) is 34.8 Å². The van der Waals surface area contributed by atoms with E-state index in [0.29, 0.717) is 30.6 Å². The molecule has 0 bridgehead atoms. The van der Waals surface area contributed by atoms with Crippen LogP contribution in [-0.2, 0) is 20.9 Å². The van der Waals surface area contributed by atoms with Crippen molar-refractivity contribution in [1.29, 1.82) is 0 Å². The minimum Gasteiger partial charge on any atom is -0.363 e. The summed E-state index contributed by atoms with van der Waals surface area (Å²) in [5, 5.41) is 6.55. The number of halogens is 6. The first-order valence-electron chi connectivity index (χ1n) is 22.6. The Bertz CT molecular complexity index is 2780. The maximum absolute atomic E-state index is 16.6. The van der Waals surface area contributed by atoms with Gasteiger partial charge in [0.05, 0.1) is 29.7 Å². The average molecular weight is 929 g/mol. The van der Waals surface area contributed by atoms with Crippen molar-refractivity contribution in [2.24, 2.45) is 0 Å². The summed E-state index contributed by atoms with van der Waals surface area (Å²) in [5.41, 5.74) is 0.939. The first kappa shape index (κ1) is 45.7. The highest BCUT2D eigenvalue weighted by Crippen LogP contribution is 2.42. The van der Waals surface area contributed by atoms with Gasteiger partial charge in [0, 0.05) is 82.0 Å². The van der Waals surface area contributed by atoms with E-state index in [0.717, 1.165) is 0 Å². The molecule has 3 saturated heterocycles. The van der Waals surface area contributed by atoms with Gasteiger partial charge in [-0.1, -0.05) is 24.3 Å². The zero-order valence-corrected chi connectivity index (χ0v) is 37.1. The van der Waals surface area contributed by atoms with Crippen LogP contribution in [0.4, 0.5) is 32.0 Å². The van der Waals surface area contributed by atoms with Crippen LogP contribution in [0.2, 0.25) is 0 Å². The number of piperidine rings is 3. The van der Waals surface area contributed by atoms with Crippen LogP contribution in [0.5, 0.6) is 0 Å². The molecule has 0 radical (unpaired) electrons. The highest BCUT2D eigenvalue weighted by atomic mass is 19.3. The maximum atomic E-state index is 16.6. The van der Waals surface area contributed by atoms with E-state index in [9.17, 15) is 19.2 Å². The standard InChI is InChI=1S/C49H50F6N8O4/c1-59(2)48(67)38-25-36-35(24-34(45(53)46(36)57-38)30-5-3-17-61(26-30)42(65)15-22-63-18-4-16-56-63)33-8-7-31(43(51)44(33)52)28-12-19-60(20-13-28)40-14-21-62(27-49(40,54)55)39-10-6-29(23-37(39)50)32-9-11-41(64)58-47(32)66/h4-8,10,16,18,23-25,28,32,40,57H,3,9,11-15,17,19-22,26-27H2,1-2H3,(H,58,64,66)/t32?,40-/m0/s1. The molecule has 3 fully saturated rings. The number of benzene rings is 3. The van der Waals surface area contributed by atoms with Crippen molar-refractivity contribution in [3.8, 4) is 11.1 Å². The molecule has 0 saturated carbocycles. The number of fused-ring (bicyclic) bond motifs is 1. The van der Waals surface area contributed by atoms with Crippen molar-refractivity contribution < 1.29 is 45.5 Å². The van der Waals surface area contributed by atoms with Crippen molar-refractivity contribution in [2.75, 3.05) is 58.3 Å². The number of hydrogen-bond donors (Lipinski definition) is 2. The highest BCUT2D eigenvalue weighted by Gasteiger charge is 2.48. The molecule has 4 amide bonds. The van der Waals surface area contributed by atoms with Gasteiger partial charge >= 0.3 is 0 Å². The first-order valence-corrected chi connectivity index (χ1v) is 22.6. The van der Waals surface area contributed by atoms with Crippen molar-refractivity contribution in [3.63, 3.8) is 0 Å². The van der Waals surface area contributed by atoms with E-state index >= 15 is 26.3 Å². The third-order valence-electron chi connectivity index (χ3n) is 13.8. The van der Waals surface area contributed by atoms with Crippen LogP contribution in [0.1, 0.15) is 84.0 Å². The third-order valence-corrected chi connectivity index (χ3v) is 13.8. The first-order chi connectivity index (χ1) is 32.1. The number of hydrogen-bond acceptors (Lipinski definition) is 7. The zero-order valence-electron chi connectivity index (χ0n) is 37.1. The van der Waals surface area contributed by atoms with Gasteiger partial charge < -0.3 is 19.7 Å². The molecule has 0 spiro atoms. The number of carbonyl (C=O) groups excluding carboxylic acids is 4. The van der Waals surface area contributed by atoms with E-state index in [-0.39, 0.29) is 115 Å². The lowest BCUT2D eigenvalue weighted by Crippen LogP contribution is -2.59. The molecular weight excluding hydrogens is 879 g/mol. The van der Waals surface area contributed by atoms with Crippen LogP contribution in [0.15, 0.2) is 67.0 Å². The smallest absolute Gasteiger partial charge is 0.280 e. The van der Waals surface area contributed by atoms with Gasteiger partial charge in [0.1, 0.15) is 11.5 Å². The third kappa shape index (κ3) is 8.94. The second-order valence-corrected chi connectivity index (χ2v) is 18.2. The Kier molecular flexibility index (Phi) is 12.5. The largest absolute Gasteiger partial charge is 0.363 e. The number of nitrogens with one attached hydrogen (secondary N) is 2. The predicted octanol–water partition coefficient (Wildman–Crippen LogP) is 7.61. The fourth-order valence-electron chi connectivity index (χ4n) is 10.2. The monoisotopic (exact) mass is 928 g/mol. The fourth-order valence-corrected chi connectivity index (χ4v) is 10.2. The van der Waals surface area contributed by atoms with Gasteiger partial charge in [-0.3, -0.25) is 34.1 Å². The lowest BCUT2D eigenvalue weighted by Gasteiger charge is -2.46. The van der Waals surface area contributed by atoms with E-state index in [1.165, 1.54) is 66.4 Å². The van der Waals surface area contributed by atoms with E-state index in [1.807, 2.05) is 6.08 Å². The molecular formula is C49H50F6N8O4. The number of aromatic amines is 1. The molecule has 12 nitrogen and oxygen atoms in total. The molecule has 2 atom stereocenters. The highest BCUT2D eigenvalue weighted by molar-refractivity contribution is 6.05. The molecule has 67 heavy (non-hydrogen) atoms. The van der Waals surface area contributed by atoms with Crippen LogP contribution in [0.3, 0.4) is 0 Å². The summed E-state index contributed by atoms with van der Waals surface area (Å²) < 4.78 is 98.6. The van der Waals surface area contributed by atoms with Gasteiger partial charge in [-0.05, 0) is 104 Å². The van der Waals surface area contributed by atoms with E-state index in [2.05, 4.69) is 15.4 Å². The van der Waals surface area contributed by atoms with Crippen molar-refractivity contribution >= 4 is 45.8 Å². The van der Waals surface area contributed by atoms with Crippen molar-refractivity contribution in [2.45, 2.75) is 75.3 Å². The van der Waals surface area contributed by atoms with Gasteiger partial charge in [-0.15, -0.1) is 0 Å². The van der Waals surface area contributed by atoms with Crippen LogP contribution >= 0.6 is 0 Å². The molecule has 3 aromatic carbocycles. The Morgan fingerprint density at radius 3 is 2.37 bits per heavy atom. The zero-order chi connectivity index (χ0) is 47.3. The second kappa shape index (κ2) is 18.3. The molecule has 6 heterocycles. The van der Waals surface area contributed by atoms with E-state index < -0.39 is 71.3 Å². The lowest BCUT2D eigenvalue weighted by molar-refractivity contribution is -0.134. The van der Waals surface area contributed by atoms with E-state index in [4.69, 9.17) is 0 Å². The van der Waals surface area contributed by atoms with Crippen LogP contribution in [0.25, 0.3) is 27.6 Å². The number of alkyl halides is 2. The Balaban J connectivity index is 0.912. The van der Waals surface area contributed by atoms with Gasteiger partial charge in [-0.25, -0.2) is 26.3 Å². The topological polar surface area (TPSA) is 127 Å². The van der Waals surface area contributed by atoms with Crippen LogP contribution in [0, 0.1) is 23.3 Å². The molecule has 352 valence electrons. The number of likely N-dealkylation sites (tertiary alicyclic amines) is 1. The molecule has 9 rings (SSSR count). The summed E-state index contributed by atoms with van der Waals surface area (Å²) in [7, 11) is 3.07. The van der Waals surface area contributed by atoms with Crippen LogP contribution < -0.4 is 10.2 Å². The number of imide groups is 1. The average Bonchev–Trinajstić information content (AvgIpc) is 4.01. The number of nitrogens with zero attached hydrogens (tertiary/aromatic N) is 6. The number of carbonyl (C=O) groups is 4. The normalized spacial score (nSPS) is 20.6. The van der Waals surface area contributed by atoms with Crippen LogP contribution in [-0.4, -0.2) is 118 Å². The Morgan fingerprint density at radius 2 is 1.67 bits per heavy atom. The molecule has 2 N–H and O–H groups in total. The quantitative estimate of drug-likeness (QED) is 0.109. The number of amides is 4. The van der Waals surface area contributed by atoms with Gasteiger partial charge in [0.2, 0.25) is 17.7 Å². The molecule has 4 aliphatic rings. The summed E-state index contributed by atoms with van der Waals surface area (Å²) >= 11 is 0. The summed E-state index contributed by atoms with van der Waals surface area (Å²) in [6, 6.07) is 10.5. The SMILES string of the molecule is CN(C)C(=O)c1cc2c(-c3ccc(C4CCN([C@H]5CCN(c6ccc(C7CCC(=O)NC7=O)cc6F)CC5(F)F)CC4)c(F)c3F)cc(C3=CCCN(C(=O)CCn4cccn4)C3)c(F)c2[nH]1. The molecule has 0 aliphatic carbocycles. The number of anilines is 1. The van der Waals surface area contributed by atoms with Crippen molar-refractivity contribution in [3.05, 3.63) is 113 Å². The fraction of sp³-hybridized carbons (Fsp3) is 0.408. The predicted molar refractivity (Wildman–Crippen MR) is 238 cm³/mol. The lowest BCUT2D eigenvalue weighted by atomic mass is 9.85. The Hall–Kier alpha value is -6.43. The van der Waals surface area contributed by atoms with Gasteiger partial charge in [-0.2, -0.15) is 5.10 Å². The summed E-state index contributed by atoms with van der Waals surface area (Å²) in [6.07, 6.45) is 6.71. The number of H-pyrrole nitrogens is 1. The maximum Gasteiger partial charge on any atom is 0.280 e. The molecule has 1 unspecified atom stereocenters. The summed E-state index contributed by atoms with van der Waals surface area (Å²) in [6.45, 7) is 0.633. The summed E-state index contributed by atoms with van der Waals surface area (Å²) in [4.78, 5) is 59.0.